The second-order valence-corrected chi connectivity index (χ2v) is 9.01. The van der Waals surface area contributed by atoms with Gasteiger partial charge in [0.05, 0.1) is 37.5 Å². The van der Waals surface area contributed by atoms with Gasteiger partial charge in [-0.2, -0.15) is 5.26 Å². The number of ether oxygens (including phenoxy) is 4. The standard InChI is InChI=1S/C24H33N5O4/c1-16(2)23-20(30-3)7-9-28(23)24-27-26-22(29(24)13-18-8-10-32-14-18)15-33-19-6-5-17(12-25)11-21(19)31-4/h5-6,11,16,18,20,23H,7-10,13-15H2,1-4H3/t18?,20-,23-/m1/s1. The molecule has 3 heterocycles. The molecule has 9 heteroatoms. The number of rotatable bonds is 9. The van der Waals surface area contributed by atoms with Gasteiger partial charge in [0.25, 0.3) is 0 Å². The van der Waals surface area contributed by atoms with E-state index in [-0.39, 0.29) is 18.8 Å². The summed E-state index contributed by atoms with van der Waals surface area (Å²) in [6.45, 7) is 7.89. The summed E-state index contributed by atoms with van der Waals surface area (Å²) in [6, 6.07) is 7.50. The summed E-state index contributed by atoms with van der Waals surface area (Å²) in [5.41, 5.74) is 0.521. The van der Waals surface area contributed by atoms with Crippen LogP contribution in [0.5, 0.6) is 11.5 Å². The van der Waals surface area contributed by atoms with Gasteiger partial charge in [0.2, 0.25) is 5.95 Å². The monoisotopic (exact) mass is 455 g/mol. The number of anilines is 1. The van der Waals surface area contributed by atoms with E-state index in [4.69, 9.17) is 24.2 Å². The maximum absolute atomic E-state index is 9.14. The van der Waals surface area contributed by atoms with Crippen molar-refractivity contribution in [3.63, 3.8) is 0 Å². The summed E-state index contributed by atoms with van der Waals surface area (Å²) < 4.78 is 25.1. The van der Waals surface area contributed by atoms with E-state index in [1.807, 2.05) is 0 Å². The molecule has 2 aromatic rings. The Morgan fingerprint density at radius 1 is 1.21 bits per heavy atom. The molecule has 0 saturated carbocycles. The Labute approximate surface area is 195 Å². The van der Waals surface area contributed by atoms with E-state index in [1.54, 1.807) is 32.4 Å². The van der Waals surface area contributed by atoms with Crippen LogP contribution in [0.25, 0.3) is 0 Å². The van der Waals surface area contributed by atoms with Crippen LogP contribution in [0, 0.1) is 23.2 Å². The van der Waals surface area contributed by atoms with Crippen LogP contribution in [-0.4, -0.2) is 60.9 Å². The molecule has 0 N–H and O–H groups in total. The molecule has 0 bridgehead atoms. The van der Waals surface area contributed by atoms with Gasteiger partial charge in [-0.05, 0) is 30.9 Å². The van der Waals surface area contributed by atoms with Gasteiger partial charge < -0.3 is 23.8 Å². The normalized spacial score (nSPS) is 22.7. The van der Waals surface area contributed by atoms with Crippen LogP contribution < -0.4 is 14.4 Å². The van der Waals surface area contributed by atoms with E-state index in [0.29, 0.717) is 28.9 Å². The van der Waals surface area contributed by atoms with Crippen molar-refractivity contribution in [2.75, 3.05) is 38.9 Å². The van der Waals surface area contributed by atoms with E-state index in [1.165, 1.54) is 0 Å². The molecule has 0 aliphatic carbocycles. The SMILES string of the molecule is COc1cc(C#N)ccc1OCc1nnc(N2CC[C@@H](OC)[C@H]2C(C)C)n1CC1CCOC1. The van der Waals surface area contributed by atoms with Crippen molar-refractivity contribution in [2.45, 2.75) is 52.0 Å². The van der Waals surface area contributed by atoms with Crippen LogP contribution in [0.4, 0.5) is 5.95 Å². The van der Waals surface area contributed by atoms with Crippen LogP contribution in [0.1, 0.15) is 38.1 Å². The van der Waals surface area contributed by atoms with Gasteiger partial charge in [0, 0.05) is 38.8 Å². The number of aromatic nitrogens is 3. The van der Waals surface area contributed by atoms with Crippen molar-refractivity contribution in [2.24, 2.45) is 11.8 Å². The lowest BCUT2D eigenvalue weighted by Crippen LogP contribution is -2.41. The molecule has 0 spiro atoms. The van der Waals surface area contributed by atoms with Crippen molar-refractivity contribution >= 4 is 5.95 Å². The first-order valence-electron chi connectivity index (χ1n) is 11.6. The Kier molecular flexibility index (Phi) is 7.36. The maximum atomic E-state index is 9.14. The van der Waals surface area contributed by atoms with Gasteiger partial charge in [-0.15, -0.1) is 10.2 Å². The Balaban J connectivity index is 1.61. The van der Waals surface area contributed by atoms with Crippen molar-refractivity contribution in [3.05, 3.63) is 29.6 Å². The van der Waals surface area contributed by atoms with Crippen molar-refractivity contribution in [3.8, 4) is 17.6 Å². The molecule has 0 amide bonds. The molecule has 2 saturated heterocycles. The van der Waals surface area contributed by atoms with E-state index in [0.717, 1.165) is 50.9 Å². The highest BCUT2D eigenvalue weighted by Crippen LogP contribution is 2.33. The smallest absolute Gasteiger partial charge is 0.227 e. The lowest BCUT2D eigenvalue weighted by Gasteiger charge is -2.32. The minimum atomic E-state index is 0.174. The molecule has 3 atom stereocenters. The Hall–Kier alpha value is -2.83. The predicted molar refractivity (Wildman–Crippen MR) is 122 cm³/mol. The molecular weight excluding hydrogens is 422 g/mol. The third-order valence-electron chi connectivity index (χ3n) is 6.56. The lowest BCUT2D eigenvalue weighted by molar-refractivity contribution is 0.0826. The van der Waals surface area contributed by atoms with E-state index < -0.39 is 0 Å². The molecule has 0 radical (unpaired) electrons. The topological polar surface area (TPSA) is 94.7 Å². The highest BCUT2D eigenvalue weighted by atomic mass is 16.5. The van der Waals surface area contributed by atoms with Crippen LogP contribution in [-0.2, 0) is 22.6 Å². The minimum Gasteiger partial charge on any atom is -0.493 e. The zero-order valence-electron chi connectivity index (χ0n) is 19.9. The fourth-order valence-corrected chi connectivity index (χ4v) is 4.88. The van der Waals surface area contributed by atoms with Crippen molar-refractivity contribution in [1.82, 2.24) is 14.8 Å². The van der Waals surface area contributed by atoms with Crippen LogP contribution in [0.3, 0.4) is 0 Å². The number of nitrogens with zero attached hydrogens (tertiary/aromatic N) is 5. The van der Waals surface area contributed by atoms with Crippen LogP contribution >= 0.6 is 0 Å². The second kappa shape index (κ2) is 10.4. The molecule has 1 aromatic heterocycles. The molecule has 4 rings (SSSR count). The number of methoxy groups -OCH3 is 2. The Morgan fingerprint density at radius 2 is 2.06 bits per heavy atom. The zero-order valence-corrected chi connectivity index (χ0v) is 19.9. The summed E-state index contributed by atoms with van der Waals surface area (Å²) in [7, 11) is 3.35. The zero-order chi connectivity index (χ0) is 23.4. The second-order valence-electron chi connectivity index (χ2n) is 9.01. The molecule has 2 aliphatic rings. The number of benzene rings is 1. The average molecular weight is 456 g/mol. The fraction of sp³-hybridized carbons (Fsp3) is 0.625. The number of nitriles is 1. The molecule has 178 valence electrons. The molecule has 2 aliphatic heterocycles. The summed E-state index contributed by atoms with van der Waals surface area (Å²) in [4.78, 5) is 2.34. The molecule has 33 heavy (non-hydrogen) atoms. The van der Waals surface area contributed by atoms with E-state index in [9.17, 15) is 0 Å². The first-order chi connectivity index (χ1) is 16.0. The summed E-state index contributed by atoms with van der Waals surface area (Å²) in [6.07, 6.45) is 2.16. The first-order valence-corrected chi connectivity index (χ1v) is 11.6. The first kappa shape index (κ1) is 23.3. The number of hydrogen-bond acceptors (Lipinski definition) is 8. The van der Waals surface area contributed by atoms with Crippen molar-refractivity contribution in [1.29, 1.82) is 5.26 Å². The summed E-state index contributed by atoms with van der Waals surface area (Å²) >= 11 is 0. The van der Waals surface area contributed by atoms with Crippen LogP contribution in [0.15, 0.2) is 18.2 Å². The number of hydrogen-bond donors (Lipinski definition) is 0. The Morgan fingerprint density at radius 3 is 2.73 bits per heavy atom. The molecule has 2 fully saturated rings. The maximum Gasteiger partial charge on any atom is 0.227 e. The molecule has 1 unspecified atom stereocenters. The van der Waals surface area contributed by atoms with E-state index >= 15 is 0 Å². The van der Waals surface area contributed by atoms with Crippen molar-refractivity contribution < 1.29 is 18.9 Å². The predicted octanol–water partition coefficient (Wildman–Crippen LogP) is 3.02. The molecule has 9 nitrogen and oxygen atoms in total. The van der Waals surface area contributed by atoms with Gasteiger partial charge >= 0.3 is 0 Å². The fourth-order valence-electron chi connectivity index (χ4n) is 4.88. The third-order valence-corrected chi connectivity index (χ3v) is 6.56. The van der Waals surface area contributed by atoms with Crippen LogP contribution in [0.2, 0.25) is 0 Å². The van der Waals surface area contributed by atoms with Gasteiger partial charge in [-0.1, -0.05) is 13.8 Å². The molecular formula is C24H33N5O4. The van der Waals surface area contributed by atoms with Gasteiger partial charge in [-0.25, -0.2) is 0 Å². The Bertz CT molecular complexity index is 980. The average Bonchev–Trinajstić information content (AvgIpc) is 3.57. The van der Waals surface area contributed by atoms with Gasteiger partial charge in [-0.3, -0.25) is 4.57 Å². The summed E-state index contributed by atoms with van der Waals surface area (Å²) in [5, 5.41) is 18.3. The summed E-state index contributed by atoms with van der Waals surface area (Å²) in [5.74, 6) is 3.54. The minimum absolute atomic E-state index is 0.174. The third kappa shape index (κ3) is 4.92. The highest BCUT2D eigenvalue weighted by molar-refractivity contribution is 5.46. The largest absolute Gasteiger partial charge is 0.493 e. The lowest BCUT2D eigenvalue weighted by atomic mass is 9.99. The van der Waals surface area contributed by atoms with E-state index in [2.05, 4.69) is 39.6 Å². The highest BCUT2D eigenvalue weighted by Gasteiger charge is 2.39. The van der Waals surface area contributed by atoms with Gasteiger partial charge in [0.15, 0.2) is 17.3 Å². The quantitative estimate of drug-likeness (QED) is 0.570. The molecule has 1 aromatic carbocycles. The van der Waals surface area contributed by atoms with Gasteiger partial charge in [0.1, 0.15) is 6.61 Å².